The number of anilines is 2. The molecule has 4 rings (SSSR count). The molecule has 0 saturated heterocycles. The highest BCUT2D eigenvalue weighted by Gasteiger charge is 2.15. The van der Waals surface area contributed by atoms with E-state index in [2.05, 4.69) is 10.6 Å². The zero-order chi connectivity index (χ0) is 17.9. The van der Waals surface area contributed by atoms with Crippen LogP contribution in [0.25, 0.3) is 16.8 Å². The highest BCUT2D eigenvalue weighted by molar-refractivity contribution is 8.00. The van der Waals surface area contributed by atoms with E-state index in [9.17, 15) is 9.59 Å². The van der Waals surface area contributed by atoms with Crippen LogP contribution in [0.2, 0.25) is 0 Å². The van der Waals surface area contributed by atoms with Gasteiger partial charge in [0.15, 0.2) is 0 Å². The molecular formula is C21H16N2O2S. The van der Waals surface area contributed by atoms with Gasteiger partial charge in [-0.15, -0.1) is 11.8 Å². The number of benzene rings is 3. The maximum Gasteiger partial charge on any atom is 0.248 e. The SMILES string of the molecule is O=C(/C=C/c1cccc2ccccc12)Nc1ccc2c(c1)NC(=O)CS2. The van der Waals surface area contributed by atoms with Crippen molar-refractivity contribution in [3.63, 3.8) is 0 Å². The van der Waals surface area contributed by atoms with E-state index in [4.69, 9.17) is 0 Å². The molecular weight excluding hydrogens is 344 g/mol. The van der Waals surface area contributed by atoms with Crippen LogP contribution in [0, 0.1) is 0 Å². The Morgan fingerprint density at radius 2 is 1.92 bits per heavy atom. The Morgan fingerprint density at radius 3 is 2.85 bits per heavy atom. The molecule has 0 bridgehead atoms. The number of hydrogen-bond donors (Lipinski definition) is 2. The Hall–Kier alpha value is -3.05. The fourth-order valence-corrected chi connectivity index (χ4v) is 3.69. The number of hydrogen-bond acceptors (Lipinski definition) is 3. The number of carbonyl (C=O) groups is 2. The molecule has 1 aliphatic rings. The van der Waals surface area contributed by atoms with Crippen molar-refractivity contribution in [3.8, 4) is 0 Å². The largest absolute Gasteiger partial charge is 0.324 e. The van der Waals surface area contributed by atoms with Gasteiger partial charge in [0.2, 0.25) is 11.8 Å². The zero-order valence-corrected chi connectivity index (χ0v) is 14.7. The van der Waals surface area contributed by atoms with Crippen LogP contribution >= 0.6 is 11.8 Å². The summed E-state index contributed by atoms with van der Waals surface area (Å²) in [4.78, 5) is 24.8. The van der Waals surface area contributed by atoms with E-state index in [-0.39, 0.29) is 11.8 Å². The predicted molar refractivity (Wildman–Crippen MR) is 107 cm³/mol. The lowest BCUT2D eigenvalue weighted by atomic mass is 10.0. The van der Waals surface area contributed by atoms with Gasteiger partial charge in [0.25, 0.3) is 0 Å². The second-order valence-electron chi connectivity index (χ2n) is 5.94. The van der Waals surface area contributed by atoms with Crippen LogP contribution in [0.3, 0.4) is 0 Å². The third kappa shape index (κ3) is 3.48. The van der Waals surface area contributed by atoms with Crippen molar-refractivity contribution in [2.45, 2.75) is 4.90 Å². The lowest BCUT2D eigenvalue weighted by Crippen LogP contribution is -2.19. The second-order valence-corrected chi connectivity index (χ2v) is 6.96. The first-order valence-corrected chi connectivity index (χ1v) is 9.21. The number of rotatable bonds is 3. The summed E-state index contributed by atoms with van der Waals surface area (Å²) in [7, 11) is 0. The first kappa shape index (κ1) is 16.4. The number of thioether (sulfide) groups is 1. The molecule has 0 atom stereocenters. The van der Waals surface area contributed by atoms with Gasteiger partial charge in [-0.3, -0.25) is 9.59 Å². The highest BCUT2D eigenvalue weighted by Crippen LogP contribution is 2.33. The third-order valence-corrected chi connectivity index (χ3v) is 5.19. The quantitative estimate of drug-likeness (QED) is 0.675. The Balaban J connectivity index is 1.51. The minimum Gasteiger partial charge on any atom is -0.324 e. The molecule has 3 aromatic carbocycles. The monoisotopic (exact) mass is 360 g/mol. The van der Waals surface area contributed by atoms with Gasteiger partial charge in [-0.1, -0.05) is 42.5 Å². The van der Waals surface area contributed by atoms with Crippen molar-refractivity contribution in [2.24, 2.45) is 0 Å². The van der Waals surface area contributed by atoms with E-state index in [1.165, 1.54) is 17.8 Å². The minimum absolute atomic E-state index is 0.0261. The maximum atomic E-state index is 12.3. The van der Waals surface area contributed by atoms with Crippen molar-refractivity contribution in [3.05, 3.63) is 72.3 Å². The molecule has 0 aliphatic carbocycles. The van der Waals surface area contributed by atoms with Crippen molar-refractivity contribution in [2.75, 3.05) is 16.4 Å². The summed E-state index contributed by atoms with van der Waals surface area (Å²) < 4.78 is 0. The van der Waals surface area contributed by atoms with Crippen LogP contribution in [-0.2, 0) is 9.59 Å². The van der Waals surface area contributed by atoms with Crippen molar-refractivity contribution < 1.29 is 9.59 Å². The average molecular weight is 360 g/mol. The first-order chi connectivity index (χ1) is 12.7. The fourth-order valence-electron chi connectivity index (χ4n) is 2.91. The van der Waals surface area contributed by atoms with Gasteiger partial charge in [0.1, 0.15) is 0 Å². The minimum atomic E-state index is -0.215. The van der Waals surface area contributed by atoms with Gasteiger partial charge in [-0.25, -0.2) is 0 Å². The van der Waals surface area contributed by atoms with Crippen LogP contribution < -0.4 is 10.6 Å². The van der Waals surface area contributed by atoms with E-state index in [0.29, 0.717) is 11.4 Å². The van der Waals surface area contributed by atoms with Crippen LogP contribution in [0.15, 0.2) is 71.6 Å². The van der Waals surface area contributed by atoms with Gasteiger partial charge in [-0.05, 0) is 40.6 Å². The molecule has 2 N–H and O–H groups in total. The summed E-state index contributed by atoms with van der Waals surface area (Å²) >= 11 is 1.49. The van der Waals surface area contributed by atoms with Gasteiger partial charge in [0.05, 0.1) is 11.4 Å². The van der Waals surface area contributed by atoms with E-state index < -0.39 is 0 Å². The summed E-state index contributed by atoms with van der Waals surface area (Å²) in [5.41, 5.74) is 2.38. The molecule has 0 aromatic heterocycles. The molecule has 3 aromatic rings. The standard InChI is InChI=1S/C21H16N2O2S/c24-20(11-8-15-6-3-5-14-4-1-2-7-17(14)15)22-16-9-10-19-18(12-16)23-21(25)13-26-19/h1-12H,13H2,(H,22,24)(H,23,25)/b11-8+. The molecule has 128 valence electrons. The van der Waals surface area contributed by atoms with Crippen molar-refractivity contribution >= 4 is 51.8 Å². The summed E-state index contributed by atoms with van der Waals surface area (Å²) in [5, 5.41) is 7.90. The molecule has 4 nitrogen and oxygen atoms in total. The first-order valence-electron chi connectivity index (χ1n) is 8.22. The van der Waals surface area contributed by atoms with Gasteiger partial charge in [-0.2, -0.15) is 0 Å². The van der Waals surface area contributed by atoms with Gasteiger partial charge >= 0.3 is 0 Å². The summed E-state index contributed by atoms with van der Waals surface area (Å²) in [6.45, 7) is 0. The second kappa shape index (κ2) is 7.06. The van der Waals surface area contributed by atoms with E-state index >= 15 is 0 Å². The molecule has 1 aliphatic heterocycles. The Labute approximate surface area is 155 Å². The van der Waals surface area contributed by atoms with Gasteiger partial charge < -0.3 is 10.6 Å². The molecule has 0 spiro atoms. The molecule has 0 fully saturated rings. The van der Waals surface area contributed by atoms with Crippen LogP contribution in [0.5, 0.6) is 0 Å². The number of carbonyl (C=O) groups excluding carboxylic acids is 2. The Kier molecular flexibility index (Phi) is 4.46. The number of amides is 2. The van der Waals surface area contributed by atoms with Crippen molar-refractivity contribution in [1.29, 1.82) is 0 Å². The zero-order valence-electron chi connectivity index (χ0n) is 13.9. The third-order valence-electron chi connectivity index (χ3n) is 4.12. The van der Waals surface area contributed by atoms with Crippen LogP contribution in [0.1, 0.15) is 5.56 Å². The van der Waals surface area contributed by atoms with Crippen LogP contribution in [-0.4, -0.2) is 17.6 Å². The number of fused-ring (bicyclic) bond motifs is 2. The lowest BCUT2D eigenvalue weighted by Gasteiger charge is -2.17. The lowest BCUT2D eigenvalue weighted by molar-refractivity contribution is -0.114. The number of nitrogens with one attached hydrogen (secondary N) is 2. The highest BCUT2D eigenvalue weighted by atomic mass is 32.2. The predicted octanol–water partition coefficient (Wildman–Crippen LogP) is 4.54. The topological polar surface area (TPSA) is 58.2 Å². The molecule has 1 heterocycles. The summed E-state index contributed by atoms with van der Waals surface area (Å²) in [5.74, 6) is 0.182. The molecule has 26 heavy (non-hydrogen) atoms. The van der Waals surface area contributed by atoms with E-state index in [1.54, 1.807) is 6.07 Å². The molecule has 0 radical (unpaired) electrons. The van der Waals surface area contributed by atoms with E-state index in [1.807, 2.05) is 60.7 Å². The molecule has 0 unspecified atom stereocenters. The summed E-state index contributed by atoms with van der Waals surface area (Å²) in [6.07, 6.45) is 3.34. The normalized spacial score (nSPS) is 13.5. The van der Waals surface area contributed by atoms with Gasteiger partial charge in [0, 0.05) is 16.7 Å². The molecule has 5 heteroatoms. The Morgan fingerprint density at radius 1 is 1.08 bits per heavy atom. The summed E-state index contributed by atoms with van der Waals surface area (Å²) in [6, 6.07) is 19.6. The van der Waals surface area contributed by atoms with E-state index in [0.717, 1.165) is 26.9 Å². The smallest absolute Gasteiger partial charge is 0.248 e. The average Bonchev–Trinajstić information content (AvgIpc) is 2.66. The molecule has 2 amide bonds. The fraction of sp³-hybridized carbons (Fsp3) is 0.0476. The Bertz CT molecular complexity index is 1040. The van der Waals surface area contributed by atoms with Crippen molar-refractivity contribution in [1.82, 2.24) is 0 Å². The molecule has 0 saturated carbocycles. The van der Waals surface area contributed by atoms with Crippen LogP contribution in [0.4, 0.5) is 11.4 Å². The maximum absolute atomic E-state index is 12.3.